The van der Waals surface area contributed by atoms with Crippen LogP contribution >= 0.6 is 11.8 Å². The molecular formula is C25H27NO2S. The second-order valence-electron chi connectivity index (χ2n) is 6.96. The molecule has 0 aliphatic rings. The molecule has 29 heavy (non-hydrogen) atoms. The second kappa shape index (κ2) is 10.8. The number of nitrogens with one attached hydrogen (secondary N) is 1. The summed E-state index contributed by atoms with van der Waals surface area (Å²) in [5.74, 6) is 0.157. The number of hydrogen-bond donors (Lipinski definition) is 2. The Bertz CT molecular complexity index is 920. The van der Waals surface area contributed by atoms with Gasteiger partial charge in [-0.3, -0.25) is 4.79 Å². The summed E-state index contributed by atoms with van der Waals surface area (Å²) in [6.45, 7) is 3.38. The third-order valence-corrected chi connectivity index (χ3v) is 5.92. The second-order valence-corrected chi connectivity index (χ2v) is 8.01. The van der Waals surface area contributed by atoms with Crippen LogP contribution < -0.4 is 5.32 Å². The molecule has 3 rings (SSSR count). The van der Waals surface area contributed by atoms with Gasteiger partial charge in [0, 0.05) is 23.7 Å². The van der Waals surface area contributed by atoms with E-state index in [2.05, 4.69) is 85.0 Å². The maximum Gasteiger partial charge on any atom is 0.304 e. The number of aliphatic carboxylic acids is 1. The van der Waals surface area contributed by atoms with Gasteiger partial charge in [0.2, 0.25) is 0 Å². The minimum Gasteiger partial charge on any atom is -0.481 e. The highest BCUT2D eigenvalue weighted by Gasteiger charge is 2.04. The SMILES string of the molecule is CCc1ccccc1-c1ccc(SCc2ccc(CNCCC(=O)O)cc2)cc1. The number of thioether (sulfide) groups is 1. The van der Waals surface area contributed by atoms with E-state index < -0.39 is 5.97 Å². The van der Waals surface area contributed by atoms with Crippen LogP contribution in [-0.2, 0) is 23.5 Å². The fourth-order valence-electron chi connectivity index (χ4n) is 3.19. The van der Waals surface area contributed by atoms with Crippen molar-refractivity contribution in [3.8, 4) is 11.1 Å². The third kappa shape index (κ3) is 6.48. The number of carboxylic acids is 1. The predicted octanol–water partition coefficient (Wildman–Crippen LogP) is 5.77. The number of hydrogen-bond acceptors (Lipinski definition) is 3. The van der Waals surface area contributed by atoms with E-state index in [1.165, 1.54) is 32.7 Å². The lowest BCUT2D eigenvalue weighted by molar-refractivity contribution is -0.136. The van der Waals surface area contributed by atoms with Crippen LogP contribution in [0.4, 0.5) is 0 Å². The van der Waals surface area contributed by atoms with Crippen molar-refractivity contribution in [2.24, 2.45) is 0 Å². The van der Waals surface area contributed by atoms with Gasteiger partial charge in [0.05, 0.1) is 6.42 Å². The Hall–Kier alpha value is -2.56. The van der Waals surface area contributed by atoms with Gasteiger partial charge in [-0.25, -0.2) is 0 Å². The van der Waals surface area contributed by atoms with E-state index in [0.29, 0.717) is 13.1 Å². The van der Waals surface area contributed by atoms with Crippen LogP contribution in [0.2, 0.25) is 0 Å². The monoisotopic (exact) mass is 405 g/mol. The largest absolute Gasteiger partial charge is 0.481 e. The lowest BCUT2D eigenvalue weighted by Crippen LogP contribution is -2.17. The zero-order valence-electron chi connectivity index (χ0n) is 16.7. The van der Waals surface area contributed by atoms with Crippen LogP contribution in [0.5, 0.6) is 0 Å². The van der Waals surface area contributed by atoms with Gasteiger partial charge in [-0.05, 0) is 46.4 Å². The number of carboxylic acid groups (broad SMARTS) is 1. The molecule has 3 aromatic carbocycles. The fourth-order valence-corrected chi connectivity index (χ4v) is 4.04. The molecule has 0 bridgehead atoms. The molecule has 150 valence electrons. The highest BCUT2D eigenvalue weighted by atomic mass is 32.2. The Labute approximate surface area is 177 Å². The molecule has 0 amide bonds. The topological polar surface area (TPSA) is 49.3 Å². The first-order valence-corrected chi connectivity index (χ1v) is 11.0. The Morgan fingerprint density at radius 2 is 1.62 bits per heavy atom. The minimum atomic E-state index is -0.771. The van der Waals surface area contributed by atoms with Gasteiger partial charge >= 0.3 is 5.97 Å². The summed E-state index contributed by atoms with van der Waals surface area (Å²) >= 11 is 1.84. The molecule has 4 heteroatoms. The van der Waals surface area contributed by atoms with Gasteiger partial charge in [0.1, 0.15) is 0 Å². The van der Waals surface area contributed by atoms with E-state index in [9.17, 15) is 4.79 Å². The molecule has 0 aromatic heterocycles. The van der Waals surface area contributed by atoms with Crippen LogP contribution in [0.15, 0.2) is 77.7 Å². The minimum absolute atomic E-state index is 0.150. The zero-order valence-corrected chi connectivity index (χ0v) is 17.5. The van der Waals surface area contributed by atoms with E-state index >= 15 is 0 Å². The summed E-state index contributed by atoms with van der Waals surface area (Å²) in [5, 5.41) is 11.8. The summed E-state index contributed by atoms with van der Waals surface area (Å²) < 4.78 is 0. The predicted molar refractivity (Wildman–Crippen MR) is 121 cm³/mol. The number of carbonyl (C=O) groups is 1. The first-order valence-electron chi connectivity index (χ1n) is 9.97. The average molecular weight is 406 g/mol. The summed E-state index contributed by atoms with van der Waals surface area (Å²) in [7, 11) is 0. The molecule has 0 aliphatic heterocycles. The Kier molecular flexibility index (Phi) is 7.91. The molecule has 3 aromatic rings. The van der Waals surface area contributed by atoms with Crippen LogP contribution in [0, 0.1) is 0 Å². The standard InChI is InChI=1S/C25H27NO2S/c1-2-21-5-3-4-6-24(21)22-11-13-23(14-12-22)29-18-20-9-7-19(8-10-20)17-26-16-15-25(27)28/h3-14,26H,2,15-18H2,1H3,(H,27,28). The highest BCUT2D eigenvalue weighted by molar-refractivity contribution is 7.98. The number of benzene rings is 3. The molecule has 0 radical (unpaired) electrons. The van der Waals surface area contributed by atoms with Gasteiger partial charge in [-0.15, -0.1) is 11.8 Å². The van der Waals surface area contributed by atoms with Gasteiger partial charge in [0.25, 0.3) is 0 Å². The average Bonchev–Trinajstić information content (AvgIpc) is 2.76. The van der Waals surface area contributed by atoms with E-state index in [1.54, 1.807) is 0 Å². The van der Waals surface area contributed by atoms with Crippen molar-refractivity contribution in [1.82, 2.24) is 5.32 Å². The number of rotatable bonds is 10. The molecule has 0 saturated carbocycles. The van der Waals surface area contributed by atoms with Crippen LogP contribution in [0.25, 0.3) is 11.1 Å². The molecule has 0 aliphatic carbocycles. The van der Waals surface area contributed by atoms with Crippen molar-refractivity contribution in [1.29, 1.82) is 0 Å². The van der Waals surface area contributed by atoms with Crippen LogP contribution in [0.3, 0.4) is 0 Å². The van der Waals surface area contributed by atoms with Crippen molar-refractivity contribution < 1.29 is 9.90 Å². The summed E-state index contributed by atoms with van der Waals surface area (Å²) in [6, 6.07) is 25.9. The summed E-state index contributed by atoms with van der Waals surface area (Å²) in [6.07, 6.45) is 1.19. The summed E-state index contributed by atoms with van der Waals surface area (Å²) in [4.78, 5) is 11.8. The van der Waals surface area contributed by atoms with Gasteiger partial charge in [-0.1, -0.05) is 67.6 Å². The third-order valence-electron chi connectivity index (χ3n) is 4.84. The lowest BCUT2D eigenvalue weighted by Gasteiger charge is -2.09. The molecule has 0 heterocycles. The molecular weight excluding hydrogens is 378 g/mol. The summed E-state index contributed by atoms with van der Waals surface area (Å²) in [5.41, 5.74) is 6.42. The van der Waals surface area contributed by atoms with Gasteiger partial charge in [0.15, 0.2) is 0 Å². The first kappa shape index (κ1) is 21.2. The molecule has 2 N–H and O–H groups in total. The quantitative estimate of drug-likeness (QED) is 0.332. The Balaban J connectivity index is 1.51. The van der Waals surface area contributed by atoms with E-state index in [4.69, 9.17) is 5.11 Å². The van der Waals surface area contributed by atoms with Crippen molar-refractivity contribution in [3.05, 3.63) is 89.5 Å². The van der Waals surface area contributed by atoms with Gasteiger partial charge in [-0.2, -0.15) is 0 Å². The van der Waals surface area contributed by atoms with Gasteiger partial charge < -0.3 is 10.4 Å². The van der Waals surface area contributed by atoms with Crippen molar-refractivity contribution in [3.63, 3.8) is 0 Å². The molecule has 3 nitrogen and oxygen atoms in total. The first-order chi connectivity index (χ1) is 14.2. The number of aryl methyl sites for hydroxylation is 1. The zero-order chi connectivity index (χ0) is 20.5. The lowest BCUT2D eigenvalue weighted by atomic mass is 9.98. The molecule has 0 saturated heterocycles. The fraction of sp³-hybridized carbons (Fsp3) is 0.240. The molecule has 0 unspecified atom stereocenters. The van der Waals surface area contributed by atoms with Crippen molar-refractivity contribution >= 4 is 17.7 Å². The maximum absolute atomic E-state index is 10.5. The van der Waals surface area contributed by atoms with Crippen molar-refractivity contribution in [2.45, 2.75) is 37.0 Å². The van der Waals surface area contributed by atoms with Crippen LogP contribution in [0.1, 0.15) is 30.0 Å². The maximum atomic E-state index is 10.5. The van der Waals surface area contributed by atoms with E-state index in [-0.39, 0.29) is 6.42 Å². The Morgan fingerprint density at radius 3 is 2.31 bits per heavy atom. The van der Waals surface area contributed by atoms with Crippen LogP contribution in [-0.4, -0.2) is 17.6 Å². The smallest absolute Gasteiger partial charge is 0.304 e. The molecule has 0 atom stereocenters. The molecule has 0 spiro atoms. The van der Waals surface area contributed by atoms with Crippen molar-refractivity contribution in [2.75, 3.05) is 6.54 Å². The van der Waals surface area contributed by atoms with E-state index in [1.807, 2.05) is 11.8 Å². The highest BCUT2D eigenvalue weighted by Crippen LogP contribution is 2.28. The normalized spacial score (nSPS) is 10.8. The molecule has 0 fully saturated rings. The van der Waals surface area contributed by atoms with E-state index in [0.717, 1.165) is 12.2 Å². The Morgan fingerprint density at radius 1 is 0.931 bits per heavy atom.